The van der Waals surface area contributed by atoms with Gasteiger partial charge < -0.3 is 5.32 Å². The van der Waals surface area contributed by atoms with Gasteiger partial charge in [0.1, 0.15) is 9.77 Å². The number of rotatable bonds is 4. The number of nitrogens with zero attached hydrogens (tertiary/aromatic N) is 1. The van der Waals surface area contributed by atoms with Crippen molar-refractivity contribution in [2.45, 2.75) is 4.90 Å². The zero-order valence-electron chi connectivity index (χ0n) is 11.3. The van der Waals surface area contributed by atoms with Crippen LogP contribution in [0.4, 0.5) is 5.69 Å². The molecule has 2 aromatic rings. The molecule has 0 saturated carbocycles. The minimum Gasteiger partial charge on any atom is -0.354 e. The van der Waals surface area contributed by atoms with Gasteiger partial charge in [0.25, 0.3) is 15.9 Å². The molecule has 0 bridgehead atoms. The highest BCUT2D eigenvalue weighted by atomic mass is 35.5. The normalized spacial score (nSPS) is 11.2. The van der Waals surface area contributed by atoms with Crippen LogP contribution in [-0.2, 0) is 10.0 Å². The Morgan fingerprint density at radius 1 is 1.24 bits per heavy atom. The van der Waals surface area contributed by atoms with Crippen molar-refractivity contribution in [1.29, 1.82) is 0 Å². The van der Waals surface area contributed by atoms with E-state index in [0.717, 1.165) is 15.6 Å². The van der Waals surface area contributed by atoms with E-state index in [0.29, 0.717) is 10.7 Å². The first kappa shape index (κ1) is 15.8. The molecular formula is C13H13ClN2O3S2. The number of thiophene rings is 1. The fourth-order valence-electron chi connectivity index (χ4n) is 1.72. The average Bonchev–Trinajstić information content (AvgIpc) is 2.96. The van der Waals surface area contributed by atoms with Gasteiger partial charge in [0.15, 0.2) is 0 Å². The number of benzene rings is 1. The summed E-state index contributed by atoms with van der Waals surface area (Å²) in [7, 11) is -0.913. The van der Waals surface area contributed by atoms with Crippen molar-refractivity contribution in [3.8, 4) is 0 Å². The molecule has 1 heterocycles. The van der Waals surface area contributed by atoms with Gasteiger partial charge >= 0.3 is 0 Å². The van der Waals surface area contributed by atoms with E-state index in [2.05, 4.69) is 5.32 Å². The van der Waals surface area contributed by atoms with E-state index in [9.17, 15) is 13.2 Å². The van der Waals surface area contributed by atoms with E-state index < -0.39 is 15.9 Å². The smallest absolute Gasteiger partial charge is 0.265 e. The van der Waals surface area contributed by atoms with Gasteiger partial charge in [0.05, 0.1) is 5.69 Å². The lowest BCUT2D eigenvalue weighted by Gasteiger charge is -2.19. The number of amides is 1. The van der Waals surface area contributed by atoms with Gasteiger partial charge in [0, 0.05) is 19.1 Å². The molecule has 0 aliphatic carbocycles. The van der Waals surface area contributed by atoms with Crippen molar-refractivity contribution in [1.82, 2.24) is 5.32 Å². The summed E-state index contributed by atoms with van der Waals surface area (Å²) in [4.78, 5) is 11.9. The summed E-state index contributed by atoms with van der Waals surface area (Å²) in [5, 5.41) is 4.53. The standard InChI is InChI=1S/C13H13ClN2O3S2/c1-15-13(17)12-11(7-8-20-12)21(18,19)16(2)10-5-3-9(14)4-6-10/h3-8H,1-2H3,(H,15,17). The van der Waals surface area contributed by atoms with Crippen LogP contribution in [-0.4, -0.2) is 28.4 Å². The Kier molecular flexibility index (Phi) is 4.55. The van der Waals surface area contributed by atoms with Gasteiger partial charge in [-0.1, -0.05) is 11.6 Å². The van der Waals surface area contributed by atoms with Gasteiger partial charge in [0.2, 0.25) is 0 Å². The summed E-state index contributed by atoms with van der Waals surface area (Å²) < 4.78 is 26.4. The molecule has 112 valence electrons. The van der Waals surface area contributed by atoms with Gasteiger partial charge in [-0.05, 0) is 35.7 Å². The van der Waals surface area contributed by atoms with Gasteiger partial charge in [-0.15, -0.1) is 11.3 Å². The minimum absolute atomic E-state index is 0.00991. The molecule has 5 nitrogen and oxygen atoms in total. The first-order valence-electron chi connectivity index (χ1n) is 5.92. The van der Waals surface area contributed by atoms with Crippen molar-refractivity contribution in [2.24, 2.45) is 0 Å². The van der Waals surface area contributed by atoms with Crippen molar-refractivity contribution >= 4 is 44.6 Å². The second-order valence-electron chi connectivity index (χ2n) is 4.14. The molecule has 8 heteroatoms. The molecule has 1 aromatic carbocycles. The van der Waals surface area contributed by atoms with Crippen LogP contribution in [0.25, 0.3) is 0 Å². The summed E-state index contributed by atoms with van der Waals surface area (Å²) >= 11 is 6.88. The maximum absolute atomic E-state index is 12.6. The average molecular weight is 345 g/mol. The van der Waals surface area contributed by atoms with Crippen LogP contribution in [0.15, 0.2) is 40.6 Å². The quantitative estimate of drug-likeness (QED) is 0.927. The van der Waals surface area contributed by atoms with E-state index in [4.69, 9.17) is 11.6 Å². The van der Waals surface area contributed by atoms with E-state index >= 15 is 0 Å². The SMILES string of the molecule is CNC(=O)c1sccc1S(=O)(=O)N(C)c1ccc(Cl)cc1. The molecule has 2 rings (SSSR count). The topological polar surface area (TPSA) is 66.5 Å². The van der Waals surface area contributed by atoms with Crippen LogP contribution >= 0.6 is 22.9 Å². The van der Waals surface area contributed by atoms with Crippen molar-refractivity contribution in [3.63, 3.8) is 0 Å². The zero-order chi connectivity index (χ0) is 15.6. The fraction of sp³-hybridized carbons (Fsp3) is 0.154. The van der Waals surface area contributed by atoms with E-state index in [-0.39, 0.29) is 9.77 Å². The summed E-state index contributed by atoms with van der Waals surface area (Å²) in [6.45, 7) is 0. The molecule has 1 N–H and O–H groups in total. The maximum Gasteiger partial charge on any atom is 0.265 e. The Labute approximate surface area is 132 Å². The molecule has 0 radical (unpaired) electrons. The Morgan fingerprint density at radius 2 is 1.86 bits per heavy atom. The summed E-state index contributed by atoms with van der Waals surface area (Å²) in [5.41, 5.74) is 0.466. The van der Waals surface area contributed by atoms with Gasteiger partial charge in [-0.2, -0.15) is 0 Å². The molecule has 0 aliphatic heterocycles. The number of carbonyl (C=O) groups excluding carboxylic acids is 1. The van der Waals surface area contributed by atoms with E-state index in [1.54, 1.807) is 29.6 Å². The Bertz CT molecular complexity index is 754. The van der Waals surface area contributed by atoms with Gasteiger partial charge in [-0.25, -0.2) is 8.42 Å². The highest BCUT2D eigenvalue weighted by molar-refractivity contribution is 7.93. The number of halogens is 1. The molecular weight excluding hydrogens is 332 g/mol. The second-order valence-corrected chi connectivity index (χ2v) is 7.43. The monoisotopic (exact) mass is 344 g/mol. The van der Waals surface area contributed by atoms with Crippen LogP contribution in [0, 0.1) is 0 Å². The third-order valence-electron chi connectivity index (χ3n) is 2.89. The largest absolute Gasteiger partial charge is 0.354 e. The summed E-state index contributed by atoms with van der Waals surface area (Å²) in [6, 6.07) is 7.85. The second kappa shape index (κ2) is 6.05. The van der Waals surface area contributed by atoms with Crippen LogP contribution in [0.1, 0.15) is 9.67 Å². The third kappa shape index (κ3) is 3.04. The lowest BCUT2D eigenvalue weighted by atomic mass is 10.3. The summed E-state index contributed by atoms with van der Waals surface area (Å²) in [6.07, 6.45) is 0. The lowest BCUT2D eigenvalue weighted by Crippen LogP contribution is -2.28. The molecule has 21 heavy (non-hydrogen) atoms. The predicted molar refractivity (Wildman–Crippen MR) is 84.8 cm³/mol. The number of hydrogen-bond acceptors (Lipinski definition) is 4. The number of nitrogens with one attached hydrogen (secondary N) is 1. The highest BCUT2D eigenvalue weighted by Crippen LogP contribution is 2.28. The maximum atomic E-state index is 12.6. The van der Waals surface area contributed by atoms with Crippen LogP contribution in [0.5, 0.6) is 0 Å². The number of hydrogen-bond donors (Lipinski definition) is 1. The number of carbonyl (C=O) groups is 1. The molecule has 0 saturated heterocycles. The van der Waals surface area contributed by atoms with E-state index in [1.807, 2.05) is 0 Å². The zero-order valence-corrected chi connectivity index (χ0v) is 13.7. The van der Waals surface area contributed by atoms with Crippen molar-refractivity contribution in [2.75, 3.05) is 18.4 Å². The van der Waals surface area contributed by atoms with Crippen LogP contribution < -0.4 is 9.62 Å². The Balaban J connectivity index is 2.45. The van der Waals surface area contributed by atoms with Gasteiger partial charge in [-0.3, -0.25) is 9.10 Å². The first-order chi connectivity index (χ1) is 9.87. The molecule has 1 aromatic heterocycles. The molecule has 0 spiro atoms. The third-order valence-corrected chi connectivity index (χ3v) is 6.01. The minimum atomic E-state index is -3.81. The van der Waals surface area contributed by atoms with E-state index in [1.165, 1.54) is 20.2 Å². The Morgan fingerprint density at radius 3 is 2.43 bits per heavy atom. The number of sulfonamides is 1. The molecule has 0 fully saturated rings. The highest BCUT2D eigenvalue weighted by Gasteiger charge is 2.27. The Hall–Kier alpha value is -1.57. The lowest BCUT2D eigenvalue weighted by molar-refractivity contribution is 0.0964. The predicted octanol–water partition coefficient (Wildman–Crippen LogP) is 2.59. The first-order valence-corrected chi connectivity index (χ1v) is 8.61. The fourth-order valence-corrected chi connectivity index (χ4v) is 4.38. The number of anilines is 1. The van der Waals surface area contributed by atoms with Crippen LogP contribution in [0.3, 0.4) is 0 Å². The molecule has 0 unspecified atom stereocenters. The van der Waals surface area contributed by atoms with Crippen molar-refractivity contribution < 1.29 is 13.2 Å². The molecule has 0 aliphatic rings. The summed E-state index contributed by atoms with van der Waals surface area (Å²) in [5.74, 6) is -0.423. The molecule has 1 amide bonds. The molecule has 0 atom stereocenters. The van der Waals surface area contributed by atoms with Crippen LogP contribution in [0.2, 0.25) is 5.02 Å². The van der Waals surface area contributed by atoms with Crippen molar-refractivity contribution in [3.05, 3.63) is 45.6 Å².